The highest BCUT2D eigenvalue weighted by Crippen LogP contribution is 2.24. The fourth-order valence-corrected chi connectivity index (χ4v) is 3.16. The molecule has 1 saturated carbocycles. The van der Waals surface area contributed by atoms with Gasteiger partial charge in [0.05, 0.1) is 0 Å². The zero-order valence-electron chi connectivity index (χ0n) is 11.6. The lowest BCUT2D eigenvalue weighted by Gasteiger charge is -2.10. The van der Waals surface area contributed by atoms with Crippen LogP contribution in [-0.2, 0) is 6.54 Å². The first kappa shape index (κ1) is 14.0. The molecular weight excluding hydrogens is 238 g/mol. The topological polar surface area (TPSA) is 12.0 Å². The number of hydrogen-bond acceptors (Lipinski definition) is 2. The van der Waals surface area contributed by atoms with Gasteiger partial charge in [0.2, 0.25) is 0 Å². The number of benzene rings is 1. The second-order valence-corrected chi connectivity index (χ2v) is 6.60. The average Bonchev–Trinajstić information content (AvgIpc) is 3.19. The summed E-state index contributed by atoms with van der Waals surface area (Å²) in [5, 5.41) is 3.58. The quantitative estimate of drug-likeness (QED) is 0.695. The lowest BCUT2D eigenvalue weighted by molar-refractivity contribution is 0.585. The fraction of sp³-hybridized carbons (Fsp3) is 0.625. The van der Waals surface area contributed by atoms with E-state index in [-0.39, 0.29) is 0 Å². The molecule has 2 heteroatoms. The Bertz CT molecular complexity index is 360. The van der Waals surface area contributed by atoms with Gasteiger partial charge in [-0.1, -0.05) is 38.8 Å². The third kappa shape index (κ3) is 5.03. The molecule has 0 radical (unpaired) electrons. The molecule has 1 aromatic carbocycles. The van der Waals surface area contributed by atoms with Crippen molar-refractivity contribution in [1.29, 1.82) is 0 Å². The molecule has 1 aliphatic rings. The monoisotopic (exact) mass is 263 g/mol. The summed E-state index contributed by atoms with van der Waals surface area (Å²) in [6.45, 7) is 5.66. The van der Waals surface area contributed by atoms with Crippen molar-refractivity contribution in [2.45, 2.75) is 57.0 Å². The molecule has 1 aliphatic carbocycles. The van der Waals surface area contributed by atoms with Crippen molar-refractivity contribution >= 4 is 11.8 Å². The van der Waals surface area contributed by atoms with Crippen LogP contribution >= 0.6 is 11.8 Å². The minimum atomic E-state index is 0.797. The normalized spacial score (nSPS) is 16.8. The molecule has 0 amide bonds. The van der Waals surface area contributed by atoms with Crippen LogP contribution in [0.3, 0.4) is 0 Å². The first-order chi connectivity index (χ1) is 8.78. The molecule has 1 fully saturated rings. The smallest absolute Gasteiger partial charge is 0.0208 e. The van der Waals surface area contributed by atoms with Crippen LogP contribution in [0.25, 0.3) is 0 Å². The summed E-state index contributed by atoms with van der Waals surface area (Å²) in [5.74, 6) is 2.07. The number of hydrogen-bond donors (Lipinski definition) is 1. The van der Waals surface area contributed by atoms with E-state index in [1.54, 1.807) is 0 Å². The summed E-state index contributed by atoms with van der Waals surface area (Å²) in [4.78, 5) is 1.42. The Kier molecular flexibility index (Phi) is 5.58. The standard InChI is InChI=1S/C16H25NS/c1-3-5-13(2)12-18-16-7-4-6-14(10-16)11-17-15-8-9-15/h4,6-7,10,13,15,17H,3,5,8-9,11-12H2,1-2H3. The van der Waals surface area contributed by atoms with E-state index >= 15 is 0 Å². The summed E-state index contributed by atoms with van der Waals surface area (Å²) in [7, 11) is 0. The molecule has 0 aliphatic heterocycles. The van der Waals surface area contributed by atoms with E-state index in [1.165, 1.54) is 41.9 Å². The molecule has 0 saturated heterocycles. The van der Waals surface area contributed by atoms with Crippen molar-refractivity contribution in [3.63, 3.8) is 0 Å². The molecule has 0 aromatic heterocycles. The molecule has 100 valence electrons. The van der Waals surface area contributed by atoms with Crippen LogP contribution in [0.1, 0.15) is 45.1 Å². The van der Waals surface area contributed by atoms with Gasteiger partial charge in [0, 0.05) is 23.2 Å². The van der Waals surface area contributed by atoms with Crippen LogP contribution in [0.15, 0.2) is 29.2 Å². The Morgan fingerprint density at radius 1 is 1.39 bits per heavy atom. The largest absolute Gasteiger partial charge is 0.310 e. The summed E-state index contributed by atoms with van der Waals surface area (Å²) in [6.07, 6.45) is 5.37. The van der Waals surface area contributed by atoms with Crippen molar-refractivity contribution in [3.8, 4) is 0 Å². The predicted octanol–water partition coefficient (Wildman–Crippen LogP) is 4.47. The molecule has 2 rings (SSSR count). The van der Waals surface area contributed by atoms with Gasteiger partial charge in [-0.25, -0.2) is 0 Å². The maximum atomic E-state index is 3.58. The number of rotatable bonds is 8. The minimum Gasteiger partial charge on any atom is -0.310 e. The maximum Gasteiger partial charge on any atom is 0.0208 e. The molecule has 0 spiro atoms. The van der Waals surface area contributed by atoms with Gasteiger partial charge >= 0.3 is 0 Å². The van der Waals surface area contributed by atoms with E-state index in [1.807, 2.05) is 11.8 Å². The van der Waals surface area contributed by atoms with Crippen molar-refractivity contribution in [2.75, 3.05) is 5.75 Å². The van der Waals surface area contributed by atoms with Gasteiger partial charge in [-0.3, -0.25) is 0 Å². The average molecular weight is 263 g/mol. The van der Waals surface area contributed by atoms with Crippen LogP contribution in [-0.4, -0.2) is 11.8 Å². The fourth-order valence-electron chi connectivity index (χ4n) is 2.11. The first-order valence-corrected chi connectivity index (χ1v) is 8.21. The second kappa shape index (κ2) is 7.20. The molecular formula is C16H25NS. The van der Waals surface area contributed by atoms with Crippen LogP contribution in [0.4, 0.5) is 0 Å². The molecule has 0 heterocycles. The Hall–Kier alpha value is -0.470. The Morgan fingerprint density at radius 3 is 2.94 bits per heavy atom. The molecule has 1 atom stereocenters. The Balaban J connectivity index is 1.78. The van der Waals surface area contributed by atoms with Gasteiger partial charge in [0.25, 0.3) is 0 Å². The second-order valence-electron chi connectivity index (χ2n) is 5.51. The van der Waals surface area contributed by atoms with Gasteiger partial charge in [0.1, 0.15) is 0 Å². The van der Waals surface area contributed by atoms with Gasteiger partial charge in [-0.2, -0.15) is 0 Å². The van der Waals surface area contributed by atoms with Crippen molar-refractivity contribution in [3.05, 3.63) is 29.8 Å². The zero-order valence-corrected chi connectivity index (χ0v) is 12.4. The lowest BCUT2D eigenvalue weighted by atomic mass is 10.1. The third-order valence-electron chi connectivity index (χ3n) is 3.39. The molecule has 1 aromatic rings. The number of nitrogens with one attached hydrogen (secondary N) is 1. The highest BCUT2D eigenvalue weighted by Gasteiger charge is 2.19. The minimum absolute atomic E-state index is 0.797. The number of thioether (sulfide) groups is 1. The highest BCUT2D eigenvalue weighted by atomic mass is 32.2. The summed E-state index contributed by atoms with van der Waals surface area (Å²) < 4.78 is 0. The summed E-state index contributed by atoms with van der Waals surface area (Å²) >= 11 is 2.00. The van der Waals surface area contributed by atoms with Gasteiger partial charge in [-0.15, -0.1) is 11.8 Å². The molecule has 18 heavy (non-hydrogen) atoms. The van der Waals surface area contributed by atoms with Gasteiger partial charge < -0.3 is 5.32 Å². The van der Waals surface area contributed by atoms with Crippen molar-refractivity contribution in [2.24, 2.45) is 5.92 Å². The lowest BCUT2D eigenvalue weighted by Crippen LogP contribution is -2.15. The summed E-state index contributed by atoms with van der Waals surface area (Å²) in [6, 6.07) is 9.81. The van der Waals surface area contributed by atoms with E-state index < -0.39 is 0 Å². The maximum absolute atomic E-state index is 3.58. The SMILES string of the molecule is CCCC(C)CSc1cccc(CNC2CC2)c1. The summed E-state index contributed by atoms with van der Waals surface area (Å²) in [5.41, 5.74) is 1.43. The van der Waals surface area contributed by atoms with Gasteiger partial charge in [0.15, 0.2) is 0 Å². The van der Waals surface area contributed by atoms with Crippen molar-refractivity contribution < 1.29 is 0 Å². The zero-order chi connectivity index (χ0) is 12.8. The molecule has 1 N–H and O–H groups in total. The first-order valence-electron chi connectivity index (χ1n) is 7.23. The molecule has 1 unspecified atom stereocenters. The van der Waals surface area contributed by atoms with Crippen molar-refractivity contribution in [1.82, 2.24) is 5.32 Å². The van der Waals surface area contributed by atoms with Gasteiger partial charge in [-0.05, 0) is 36.5 Å². The van der Waals surface area contributed by atoms with Crippen LogP contribution in [0.5, 0.6) is 0 Å². The van der Waals surface area contributed by atoms with E-state index in [0.29, 0.717) is 0 Å². The highest BCUT2D eigenvalue weighted by molar-refractivity contribution is 7.99. The van der Waals surface area contributed by atoms with Crippen LogP contribution < -0.4 is 5.32 Å². The molecule has 1 nitrogen and oxygen atoms in total. The van der Waals surface area contributed by atoms with E-state index in [0.717, 1.165) is 18.5 Å². The predicted molar refractivity (Wildman–Crippen MR) is 81.1 cm³/mol. The Morgan fingerprint density at radius 2 is 2.22 bits per heavy atom. The van der Waals surface area contributed by atoms with E-state index in [4.69, 9.17) is 0 Å². The van der Waals surface area contributed by atoms with E-state index in [2.05, 4.69) is 43.4 Å². The van der Waals surface area contributed by atoms with Crippen LogP contribution in [0, 0.1) is 5.92 Å². The van der Waals surface area contributed by atoms with E-state index in [9.17, 15) is 0 Å². The van der Waals surface area contributed by atoms with Crippen LogP contribution in [0.2, 0.25) is 0 Å². The molecule has 0 bridgehead atoms. The third-order valence-corrected chi connectivity index (χ3v) is 4.71. The Labute approximate surface area is 116 Å².